The fraction of sp³-hybridized carbons (Fsp3) is 0.692. The lowest BCUT2D eigenvalue weighted by Crippen LogP contribution is -2.60. The molecule has 5 rings (SSSR count). The summed E-state index contributed by atoms with van der Waals surface area (Å²) < 4.78 is 26.4. The maximum absolute atomic E-state index is 13.0. The van der Waals surface area contributed by atoms with Crippen molar-refractivity contribution in [3.8, 4) is 0 Å². The summed E-state index contributed by atoms with van der Waals surface area (Å²) in [6, 6.07) is 0. The molecule has 3 aliphatic heterocycles. The molecule has 3 saturated heterocycles. The number of allylic oxidation sites excluding steroid dienone is 2. The Labute approximate surface area is 218 Å². The van der Waals surface area contributed by atoms with Crippen molar-refractivity contribution in [2.75, 3.05) is 19.8 Å². The molecule has 2 aliphatic carbocycles. The average Bonchev–Trinajstić information content (AvgIpc) is 3.47. The SMILES string of the molecule is CC1=C2C(=O)OCC(C(=O)OC[C@H]3OC(O)[C@H](O)[C@@H](OC(=O)C4COC(=O)C5=C(C)CCC54)[C@@H]3O)C2CC1. The van der Waals surface area contributed by atoms with Crippen LogP contribution in [0.3, 0.4) is 0 Å². The second-order valence-corrected chi connectivity index (χ2v) is 10.7. The zero-order valence-electron chi connectivity index (χ0n) is 21.2. The van der Waals surface area contributed by atoms with Crippen molar-refractivity contribution in [2.24, 2.45) is 23.7 Å². The second kappa shape index (κ2) is 10.4. The number of hydrogen-bond donors (Lipinski definition) is 3. The van der Waals surface area contributed by atoms with Crippen LogP contribution in [0.1, 0.15) is 39.5 Å². The highest BCUT2D eigenvalue weighted by atomic mass is 16.7. The number of rotatable bonds is 5. The third-order valence-corrected chi connectivity index (χ3v) is 8.43. The first kappa shape index (κ1) is 26.8. The summed E-state index contributed by atoms with van der Waals surface area (Å²) in [5.74, 6) is -4.56. The van der Waals surface area contributed by atoms with E-state index in [4.69, 9.17) is 23.7 Å². The van der Waals surface area contributed by atoms with E-state index in [1.807, 2.05) is 6.92 Å². The number of carbonyl (C=O) groups is 4. The first-order valence-corrected chi connectivity index (χ1v) is 12.9. The number of fused-ring (bicyclic) bond motifs is 2. The predicted octanol–water partition coefficient (Wildman–Crippen LogP) is -0.321. The number of aliphatic hydroxyl groups excluding tert-OH is 3. The summed E-state index contributed by atoms with van der Waals surface area (Å²) in [5.41, 5.74) is 2.69. The molecule has 3 N–H and O–H groups in total. The smallest absolute Gasteiger partial charge is 0.334 e. The number of esters is 4. The summed E-state index contributed by atoms with van der Waals surface area (Å²) in [5, 5.41) is 31.5. The van der Waals surface area contributed by atoms with Gasteiger partial charge in [-0.15, -0.1) is 0 Å². The molecule has 208 valence electrons. The monoisotopic (exact) mass is 536 g/mol. The zero-order valence-corrected chi connectivity index (χ0v) is 21.2. The standard InChI is InChI=1S/C26H32O12/c1-10-3-5-12-14(7-34-24(31)17(10)12)22(29)36-9-16-19(27)21(20(28)26(33)37-16)38-23(30)15-8-35-25(32)18-11(2)4-6-13(15)18/h12-16,19-21,26-28,33H,3-9H2,1-2H3/t12?,13?,14?,15?,16-,19-,20-,21+,26?/m1/s1. The number of carbonyl (C=O) groups excluding carboxylic acids is 4. The van der Waals surface area contributed by atoms with Crippen molar-refractivity contribution in [1.82, 2.24) is 0 Å². The predicted molar refractivity (Wildman–Crippen MR) is 123 cm³/mol. The number of hydrogen-bond acceptors (Lipinski definition) is 12. The minimum absolute atomic E-state index is 0.127. The molecular weight excluding hydrogens is 504 g/mol. The van der Waals surface area contributed by atoms with Crippen LogP contribution in [-0.4, -0.2) is 89.7 Å². The van der Waals surface area contributed by atoms with E-state index in [1.54, 1.807) is 6.92 Å². The summed E-state index contributed by atoms with van der Waals surface area (Å²) in [6.45, 7) is 2.81. The third-order valence-electron chi connectivity index (χ3n) is 8.43. The van der Waals surface area contributed by atoms with Crippen molar-refractivity contribution in [2.45, 2.75) is 70.2 Å². The minimum Gasteiger partial charge on any atom is -0.462 e. The minimum atomic E-state index is -1.82. The van der Waals surface area contributed by atoms with E-state index in [9.17, 15) is 34.5 Å². The highest BCUT2D eigenvalue weighted by Gasteiger charge is 2.50. The normalized spacial score (nSPS) is 38.8. The third kappa shape index (κ3) is 4.63. The van der Waals surface area contributed by atoms with Gasteiger partial charge in [-0.1, -0.05) is 11.1 Å². The van der Waals surface area contributed by atoms with Gasteiger partial charge in [0.25, 0.3) is 0 Å². The molecule has 9 atom stereocenters. The molecule has 38 heavy (non-hydrogen) atoms. The molecule has 0 radical (unpaired) electrons. The lowest BCUT2D eigenvalue weighted by Gasteiger charge is -2.41. The fourth-order valence-corrected chi connectivity index (χ4v) is 6.26. The van der Waals surface area contributed by atoms with Crippen LogP contribution in [0.25, 0.3) is 0 Å². The zero-order chi connectivity index (χ0) is 27.3. The van der Waals surface area contributed by atoms with Gasteiger partial charge in [-0.25, -0.2) is 9.59 Å². The molecular formula is C26H32O12. The Hall–Kier alpha value is -2.80. The maximum atomic E-state index is 13.0. The molecule has 0 aromatic rings. The molecule has 12 nitrogen and oxygen atoms in total. The Kier molecular flexibility index (Phi) is 7.33. The molecule has 5 unspecified atom stereocenters. The molecule has 3 fully saturated rings. The van der Waals surface area contributed by atoms with Gasteiger partial charge in [0.15, 0.2) is 12.4 Å². The summed E-state index contributed by atoms with van der Waals surface area (Å²) >= 11 is 0. The first-order valence-electron chi connectivity index (χ1n) is 12.9. The van der Waals surface area contributed by atoms with Gasteiger partial charge in [0.1, 0.15) is 38.1 Å². The number of cyclic esters (lactones) is 2. The molecule has 0 aromatic carbocycles. The number of aliphatic hydroxyl groups is 3. The van der Waals surface area contributed by atoms with Gasteiger partial charge in [-0.3, -0.25) is 9.59 Å². The van der Waals surface area contributed by atoms with Crippen LogP contribution in [0.15, 0.2) is 22.3 Å². The van der Waals surface area contributed by atoms with Crippen molar-refractivity contribution >= 4 is 23.9 Å². The van der Waals surface area contributed by atoms with Crippen LogP contribution in [-0.2, 0) is 42.9 Å². The fourth-order valence-electron chi connectivity index (χ4n) is 6.26. The topological polar surface area (TPSA) is 175 Å². The Morgan fingerprint density at radius 3 is 1.92 bits per heavy atom. The lowest BCUT2D eigenvalue weighted by atomic mass is 9.85. The van der Waals surface area contributed by atoms with Crippen LogP contribution >= 0.6 is 0 Å². The summed E-state index contributed by atoms with van der Waals surface area (Å²) in [4.78, 5) is 50.1. The van der Waals surface area contributed by atoms with Crippen molar-refractivity contribution < 1.29 is 58.2 Å². The van der Waals surface area contributed by atoms with Crippen molar-refractivity contribution in [3.63, 3.8) is 0 Å². The van der Waals surface area contributed by atoms with Crippen LogP contribution in [0.5, 0.6) is 0 Å². The quantitative estimate of drug-likeness (QED) is 0.309. The summed E-state index contributed by atoms with van der Waals surface area (Å²) in [7, 11) is 0. The Balaban J connectivity index is 1.22. The van der Waals surface area contributed by atoms with E-state index in [2.05, 4.69) is 0 Å². The molecule has 12 heteroatoms. The molecule has 0 saturated carbocycles. The Bertz CT molecular complexity index is 1090. The second-order valence-electron chi connectivity index (χ2n) is 10.7. The van der Waals surface area contributed by atoms with Gasteiger partial charge in [0.2, 0.25) is 0 Å². The summed E-state index contributed by atoms with van der Waals surface area (Å²) in [6.07, 6.45) is -5.59. The molecule has 0 aromatic heterocycles. The Morgan fingerprint density at radius 1 is 0.842 bits per heavy atom. The molecule has 0 bridgehead atoms. The molecule has 3 heterocycles. The molecule has 5 aliphatic rings. The van der Waals surface area contributed by atoms with Gasteiger partial charge in [-0.2, -0.15) is 0 Å². The van der Waals surface area contributed by atoms with Crippen LogP contribution in [0.4, 0.5) is 0 Å². The molecule has 0 spiro atoms. The van der Waals surface area contributed by atoms with Crippen LogP contribution < -0.4 is 0 Å². The van der Waals surface area contributed by atoms with E-state index in [0.29, 0.717) is 36.8 Å². The van der Waals surface area contributed by atoms with E-state index in [0.717, 1.165) is 11.1 Å². The average molecular weight is 537 g/mol. The maximum Gasteiger partial charge on any atom is 0.334 e. The van der Waals surface area contributed by atoms with Gasteiger partial charge >= 0.3 is 23.9 Å². The van der Waals surface area contributed by atoms with Crippen molar-refractivity contribution in [1.29, 1.82) is 0 Å². The first-order chi connectivity index (χ1) is 18.1. The largest absolute Gasteiger partial charge is 0.462 e. The van der Waals surface area contributed by atoms with Crippen LogP contribution in [0.2, 0.25) is 0 Å². The molecule has 0 amide bonds. The Morgan fingerprint density at radius 2 is 1.37 bits per heavy atom. The highest BCUT2D eigenvalue weighted by Crippen LogP contribution is 2.42. The van der Waals surface area contributed by atoms with Crippen LogP contribution in [0, 0.1) is 23.7 Å². The van der Waals surface area contributed by atoms with Gasteiger partial charge in [0.05, 0.1) is 11.8 Å². The number of ether oxygens (including phenoxy) is 5. The van der Waals surface area contributed by atoms with E-state index >= 15 is 0 Å². The van der Waals surface area contributed by atoms with Crippen molar-refractivity contribution in [3.05, 3.63) is 22.3 Å². The van der Waals surface area contributed by atoms with Gasteiger partial charge in [-0.05, 0) is 39.5 Å². The van der Waals surface area contributed by atoms with Gasteiger partial charge < -0.3 is 39.0 Å². The van der Waals surface area contributed by atoms with E-state index < -0.39 is 73.0 Å². The van der Waals surface area contributed by atoms with Gasteiger partial charge in [0, 0.05) is 23.0 Å². The highest BCUT2D eigenvalue weighted by molar-refractivity contribution is 5.94. The lowest BCUT2D eigenvalue weighted by molar-refractivity contribution is -0.292. The van der Waals surface area contributed by atoms with E-state index in [-0.39, 0.29) is 25.0 Å². The van der Waals surface area contributed by atoms with E-state index in [1.165, 1.54) is 0 Å².